The maximum Gasteiger partial charge on any atom is 0.193 e. The van der Waals surface area contributed by atoms with Crippen LogP contribution in [0, 0.1) is 0 Å². The predicted molar refractivity (Wildman–Crippen MR) is 45.8 cm³/mol. The standard InChI is InChI=1S/C8H12ClNO/c1-3-10-6(2)7-4-5-8(9)11-7/h4-6,10H,3H2,1-2H3. The summed E-state index contributed by atoms with van der Waals surface area (Å²) in [6.07, 6.45) is 0. The average molecular weight is 174 g/mol. The topological polar surface area (TPSA) is 25.2 Å². The maximum absolute atomic E-state index is 5.61. The van der Waals surface area contributed by atoms with Gasteiger partial charge in [0.1, 0.15) is 5.76 Å². The Morgan fingerprint density at radius 3 is 2.82 bits per heavy atom. The first-order valence-corrected chi connectivity index (χ1v) is 4.10. The van der Waals surface area contributed by atoms with Gasteiger partial charge in [-0.3, -0.25) is 0 Å². The molecule has 0 aliphatic rings. The zero-order valence-corrected chi connectivity index (χ0v) is 7.48. The molecule has 3 heteroatoms. The highest BCUT2D eigenvalue weighted by molar-refractivity contribution is 6.28. The molecular formula is C8H12ClNO. The fourth-order valence-corrected chi connectivity index (χ4v) is 1.12. The highest BCUT2D eigenvalue weighted by Gasteiger charge is 2.07. The summed E-state index contributed by atoms with van der Waals surface area (Å²) in [5.74, 6) is 0.886. The number of halogens is 1. The molecular weight excluding hydrogens is 162 g/mol. The van der Waals surface area contributed by atoms with Gasteiger partial charge in [-0.2, -0.15) is 0 Å². The first-order chi connectivity index (χ1) is 5.24. The minimum Gasteiger partial charge on any atom is -0.448 e. The Kier molecular flexibility index (Phi) is 2.97. The fraction of sp³-hybridized carbons (Fsp3) is 0.500. The Labute approximate surface area is 71.5 Å². The molecule has 0 aliphatic heterocycles. The molecule has 2 nitrogen and oxygen atoms in total. The molecule has 0 saturated heterocycles. The van der Waals surface area contributed by atoms with Gasteiger partial charge in [0.05, 0.1) is 6.04 Å². The Hall–Kier alpha value is -0.470. The molecule has 1 N–H and O–H groups in total. The van der Waals surface area contributed by atoms with Gasteiger partial charge in [0, 0.05) is 0 Å². The molecule has 1 rings (SSSR count). The monoisotopic (exact) mass is 173 g/mol. The van der Waals surface area contributed by atoms with E-state index in [0.29, 0.717) is 5.22 Å². The van der Waals surface area contributed by atoms with Crippen LogP contribution in [0.1, 0.15) is 25.6 Å². The second-order valence-electron chi connectivity index (χ2n) is 2.42. The van der Waals surface area contributed by atoms with Crippen LogP contribution in [0.5, 0.6) is 0 Å². The van der Waals surface area contributed by atoms with Crippen LogP contribution in [0.4, 0.5) is 0 Å². The van der Waals surface area contributed by atoms with Gasteiger partial charge in [-0.1, -0.05) is 6.92 Å². The van der Waals surface area contributed by atoms with E-state index in [2.05, 4.69) is 12.2 Å². The van der Waals surface area contributed by atoms with Crippen molar-refractivity contribution in [2.75, 3.05) is 6.54 Å². The zero-order chi connectivity index (χ0) is 8.27. The molecule has 0 bridgehead atoms. The number of nitrogens with one attached hydrogen (secondary N) is 1. The molecule has 62 valence electrons. The van der Waals surface area contributed by atoms with E-state index in [-0.39, 0.29) is 6.04 Å². The van der Waals surface area contributed by atoms with Gasteiger partial charge in [0.15, 0.2) is 5.22 Å². The number of rotatable bonds is 3. The normalized spacial score (nSPS) is 13.4. The molecule has 1 atom stereocenters. The lowest BCUT2D eigenvalue weighted by atomic mass is 10.2. The van der Waals surface area contributed by atoms with Crippen molar-refractivity contribution in [2.45, 2.75) is 19.9 Å². The van der Waals surface area contributed by atoms with Crippen LogP contribution < -0.4 is 5.32 Å². The molecule has 0 fully saturated rings. The summed E-state index contributed by atoms with van der Waals surface area (Å²) in [5.41, 5.74) is 0. The first-order valence-electron chi connectivity index (χ1n) is 3.72. The largest absolute Gasteiger partial charge is 0.448 e. The summed E-state index contributed by atoms with van der Waals surface area (Å²) in [4.78, 5) is 0. The van der Waals surface area contributed by atoms with Crippen molar-refractivity contribution in [3.63, 3.8) is 0 Å². The first kappa shape index (κ1) is 8.62. The second kappa shape index (κ2) is 3.79. The second-order valence-corrected chi connectivity index (χ2v) is 2.79. The quantitative estimate of drug-likeness (QED) is 0.760. The third-order valence-electron chi connectivity index (χ3n) is 1.53. The van der Waals surface area contributed by atoms with Crippen LogP contribution in [0.3, 0.4) is 0 Å². The van der Waals surface area contributed by atoms with E-state index in [1.807, 2.05) is 13.0 Å². The van der Waals surface area contributed by atoms with Gasteiger partial charge in [-0.25, -0.2) is 0 Å². The lowest BCUT2D eigenvalue weighted by molar-refractivity contribution is 0.438. The molecule has 0 spiro atoms. The van der Waals surface area contributed by atoms with Crippen molar-refractivity contribution in [1.29, 1.82) is 0 Å². The van der Waals surface area contributed by atoms with Crippen LogP contribution in [0.2, 0.25) is 5.22 Å². The van der Waals surface area contributed by atoms with Gasteiger partial charge in [-0.05, 0) is 37.2 Å². The highest BCUT2D eigenvalue weighted by atomic mass is 35.5. The molecule has 0 radical (unpaired) electrons. The number of hydrogen-bond donors (Lipinski definition) is 1. The zero-order valence-electron chi connectivity index (χ0n) is 6.73. The summed E-state index contributed by atoms with van der Waals surface area (Å²) in [6, 6.07) is 3.88. The minimum absolute atomic E-state index is 0.243. The summed E-state index contributed by atoms with van der Waals surface area (Å²) in [6.45, 7) is 5.03. The molecule has 0 aromatic carbocycles. The number of furan rings is 1. The SMILES string of the molecule is CCNC(C)c1ccc(Cl)o1. The average Bonchev–Trinajstić information content (AvgIpc) is 2.36. The molecule has 1 aromatic rings. The predicted octanol–water partition coefficient (Wildman–Crippen LogP) is 2.60. The summed E-state index contributed by atoms with van der Waals surface area (Å²) < 4.78 is 5.20. The van der Waals surface area contributed by atoms with E-state index in [1.165, 1.54) is 0 Å². The molecule has 0 aliphatic carbocycles. The van der Waals surface area contributed by atoms with E-state index >= 15 is 0 Å². The van der Waals surface area contributed by atoms with Crippen molar-refractivity contribution in [3.8, 4) is 0 Å². The van der Waals surface area contributed by atoms with Gasteiger partial charge in [0.25, 0.3) is 0 Å². The van der Waals surface area contributed by atoms with Crippen LogP contribution in [-0.4, -0.2) is 6.54 Å². The van der Waals surface area contributed by atoms with E-state index < -0.39 is 0 Å². The van der Waals surface area contributed by atoms with Crippen molar-refractivity contribution in [1.82, 2.24) is 5.32 Å². The van der Waals surface area contributed by atoms with E-state index in [1.54, 1.807) is 6.07 Å². The van der Waals surface area contributed by atoms with Gasteiger partial charge in [0.2, 0.25) is 0 Å². The Morgan fingerprint density at radius 2 is 2.36 bits per heavy atom. The van der Waals surface area contributed by atoms with E-state index in [4.69, 9.17) is 16.0 Å². The fourth-order valence-electron chi connectivity index (χ4n) is 0.968. The third-order valence-corrected chi connectivity index (χ3v) is 1.73. The van der Waals surface area contributed by atoms with Gasteiger partial charge < -0.3 is 9.73 Å². The van der Waals surface area contributed by atoms with Crippen molar-refractivity contribution < 1.29 is 4.42 Å². The van der Waals surface area contributed by atoms with E-state index in [0.717, 1.165) is 12.3 Å². The summed E-state index contributed by atoms with van der Waals surface area (Å²) >= 11 is 5.61. The smallest absolute Gasteiger partial charge is 0.193 e. The van der Waals surface area contributed by atoms with Crippen LogP contribution in [-0.2, 0) is 0 Å². The molecule has 1 unspecified atom stereocenters. The van der Waals surface area contributed by atoms with Gasteiger partial charge in [-0.15, -0.1) is 0 Å². The Balaban J connectivity index is 2.60. The summed E-state index contributed by atoms with van der Waals surface area (Å²) in [5, 5.41) is 3.67. The van der Waals surface area contributed by atoms with Crippen LogP contribution >= 0.6 is 11.6 Å². The van der Waals surface area contributed by atoms with Crippen molar-refractivity contribution in [2.24, 2.45) is 0 Å². The highest BCUT2D eigenvalue weighted by Crippen LogP contribution is 2.18. The van der Waals surface area contributed by atoms with Crippen LogP contribution in [0.25, 0.3) is 0 Å². The lowest BCUT2D eigenvalue weighted by Crippen LogP contribution is -2.16. The number of hydrogen-bond acceptors (Lipinski definition) is 2. The van der Waals surface area contributed by atoms with Crippen molar-refractivity contribution >= 4 is 11.6 Å². The maximum atomic E-state index is 5.61. The lowest BCUT2D eigenvalue weighted by Gasteiger charge is -2.07. The molecule has 1 aromatic heterocycles. The minimum atomic E-state index is 0.243. The Morgan fingerprint density at radius 1 is 1.64 bits per heavy atom. The third kappa shape index (κ3) is 2.24. The molecule has 0 saturated carbocycles. The van der Waals surface area contributed by atoms with E-state index in [9.17, 15) is 0 Å². The van der Waals surface area contributed by atoms with Gasteiger partial charge >= 0.3 is 0 Å². The van der Waals surface area contributed by atoms with Crippen molar-refractivity contribution in [3.05, 3.63) is 23.1 Å². The summed E-state index contributed by atoms with van der Waals surface area (Å²) in [7, 11) is 0. The Bertz CT molecular complexity index is 222. The molecule has 1 heterocycles. The van der Waals surface area contributed by atoms with Crippen LogP contribution in [0.15, 0.2) is 16.5 Å². The molecule has 11 heavy (non-hydrogen) atoms. The molecule has 0 amide bonds.